The smallest absolute Gasteiger partial charge is 0.0535 e. The number of hydrogen-bond donors (Lipinski definition) is 0. The molecule has 0 N–H and O–H groups in total. The molecule has 15 aromatic rings. The average Bonchev–Trinajstić information content (AvgIpc) is 4.30. The van der Waals surface area contributed by atoms with E-state index in [1.165, 1.54) is 87.6 Å². The molecule has 0 aliphatic heterocycles. The van der Waals surface area contributed by atoms with E-state index < -0.39 is 0 Å². The monoisotopic (exact) mass is 1020 g/mol. The van der Waals surface area contributed by atoms with Gasteiger partial charge in [-0.2, -0.15) is 0 Å². The van der Waals surface area contributed by atoms with Gasteiger partial charge in [-0.1, -0.05) is 243 Å². The van der Waals surface area contributed by atoms with Gasteiger partial charge in [-0.05, 0) is 183 Å². The Morgan fingerprint density at radius 3 is 0.800 bits per heavy atom. The van der Waals surface area contributed by atoms with E-state index >= 15 is 0 Å². The Bertz CT molecular complexity index is 4420. The minimum Gasteiger partial charge on any atom is -0.309 e. The van der Waals surface area contributed by atoms with E-state index in [4.69, 9.17) is 0 Å². The number of aromatic nitrogens is 2. The molecule has 0 bridgehead atoms. The highest BCUT2D eigenvalue weighted by Gasteiger charge is 2.21. The van der Waals surface area contributed by atoms with Crippen LogP contribution in [0.3, 0.4) is 0 Å². The lowest BCUT2D eigenvalue weighted by Crippen LogP contribution is -1.99. The highest BCUT2D eigenvalue weighted by atomic mass is 15.0. The molecule has 2 aromatic heterocycles. The Hall–Kier alpha value is -10.5. The van der Waals surface area contributed by atoms with Crippen molar-refractivity contribution < 1.29 is 0 Å². The summed E-state index contributed by atoms with van der Waals surface area (Å²) in [6.45, 7) is 0. The van der Waals surface area contributed by atoms with Crippen LogP contribution in [-0.2, 0) is 0 Å². The van der Waals surface area contributed by atoms with Crippen LogP contribution in [0.1, 0.15) is 0 Å². The van der Waals surface area contributed by atoms with Crippen LogP contribution in [0.4, 0.5) is 0 Å². The minimum atomic E-state index is 1.11. The van der Waals surface area contributed by atoms with Crippen molar-refractivity contribution in [1.29, 1.82) is 0 Å². The second-order valence-electron chi connectivity index (χ2n) is 20.8. The molecular formula is C78H52N2. The minimum absolute atomic E-state index is 1.11. The normalized spacial score (nSPS) is 11.5. The third kappa shape index (κ3) is 8.30. The van der Waals surface area contributed by atoms with Gasteiger partial charge in [-0.3, -0.25) is 0 Å². The fourth-order valence-electron chi connectivity index (χ4n) is 12.3. The van der Waals surface area contributed by atoms with Crippen molar-refractivity contribution in [2.45, 2.75) is 0 Å². The van der Waals surface area contributed by atoms with E-state index in [1.807, 2.05) is 0 Å². The summed E-state index contributed by atoms with van der Waals surface area (Å²) in [6.07, 6.45) is 0. The van der Waals surface area contributed by atoms with Crippen molar-refractivity contribution in [1.82, 2.24) is 9.13 Å². The van der Waals surface area contributed by atoms with E-state index in [0.29, 0.717) is 0 Å². The van der Waals surface area contributed by atoms with Gasteiger partial charge >= 0.3 is 0 Å². The number of benzene rings is 13. The Balaban J connectivity index is 0.927. The van der Waals surface area contributed by atoms with E-state index in [0.717, 1.165) is 56.4 Å². The second-order valence-corrected chi connectivity index (χ2v) is 20.8. The summed E-state index contributed by atoms with van der Waals surface area (Å²) in [5, 5.41) is 9.75. The Morgan fingerprint density at radius 2 is 0.450 bits per heavy atom. The molecule has 0 aliphatic carbocycles. The molecule has 80 heavy (non-hydrogen) atoms. The topological polar surface area (TPSA) is 9.86 Å². The first-order valence-corrected chi connectivity index (χ1v) is 27.6. The zero-order chi connectivity index (χ0) is 52.9. The summed E-state index contributed by atoms with van der Waals surface area (Å²) in [7, 11) is 0. The lowest BCUT2D eigenvalue weighted by molar-refractivity contribution is 1.09. The molecule has 2 heteroatoms. The summed E-state index contributed by atoms with van der Waals surface area (Å²) >= 11 is 0. The molecule has 374 valence electrons. The van der Waals surface area contributed by atoms with Gasteiger partial charge < -0.3 is 9.13 Å². The molecule has 0 saturated heterocycles. The molecule has 0 spiro atoms. The molecule has 0 atom stereocenters. The van der Waals surface area contributed by atoms with Crippen molar-refractivity contribution >= 4 is 43.1 Å². The van der Waals surface area contributed by atoms with Crippen LogP contribution < -0.4 is 0 Å². The van der Waals surface area contributed by atoms with Crippen LogP contribution >= 0.6 is 0 Å². The van der Waals surface area contributed by atoms with Crippen molar-refractivity contribution in [3.05, 3.63) is 315 Å². The molecular weight excluding hydrogens is 965 g/mol. The molecule has 0 saturated carbocycles. The van der Waals surface area contributed by atoms with E-state index in [2.05, 4.69) is 325 Å². The van der Waals surface area contributed by atoms with Crippen LogP contribution in [0.15, 0.2) is 315 Å². The number of fused-ring (bicyclic) bond motifs is 4. The number of nitrogens with zero attached hydrogens (tertiary/aromatic N) is 2. The van der Waals surface area contributed by atoms with Crippen molar-refractivity contribution in [3.8, 4) is 101 Å². The average molecular weight is 1020 g/mol. The van der Waals surface area contributed by atoms with Gasteiger partial charge in [0.05, 0.1) is 22.8 Å². The summed E-state index contributed by atoms with van der Waals surface area (Å²) in [5.74, 6) is 0. The maximum Gasteiger partial charge on any atom is 0.0535 e. The second kappa shape index (κ2) is 19.8. The van der Waals surface area contributed by atoms with E-state index in [9.17, 15) is 0 Å². The van der Waals surface area contributed by atoms with Gasteiger partial charge in [0.1, 0.15) is 0 Å². The summed E-state index contributed by atoms with van der Waals surface area (Å²) in [6, 6.07) is 116. The maximum absolute atomic E-state index is 2.45. The standard InChI is InChI=1S/C78H52N2/c1-5-19-57(20-6-1)73-45-46-74(58-21-7-2-8-22-58)79(73)67-39-33-55(34-40-67)63-37-43-69-71(51-63)78(66-32-30-54-18-14-16-28-62(54)50-66)72-52-64(38-44-70(72)77(69)65-31-29-53-17-13-15-27-61(53)49-65)56-35-41-68(42-36-56)80-75(59-23-9-3-10-24-59)47-48-76(80)60-25-11-4-12-26-60/h1-52H. The van der Waals surface area contributed by atoms with Gasteiger partial charge in [0.25, 0.3) is 0 Å². The summed E-state index contributed by atoms with van der Waals surface area (Å²) in [4.78, 5) is 0. The lowest BCUT2D eigenvalue weighted by atomic mass is 9.83. The van der Waals surface area contributed by atoms with Crippen LogP contribution in [-0.4, -0.2) is 9.13 Å². The van der Waals surface area contributed by atoms with Crippen LogP contribution in [0, 0.1) is 0 Å². The zero-order valence-corrected chi connectivity index (χ0v) is 43.9. The van der Waals surface area contributed by atoms with Gasteiger partial charge in [0, 0.05) is 11.4 Å². The van der Waals surface area contributed by atoms with Gasteiger partial charge in [0.15, 0.2) is 0 Å². The highest BCUT2D eigenvalue weighted by Crippen LogP contribution is 2.47. The first-order valence-electron chi connectivity index (χ1n) is 27.6. The zero-order valence-electron chi connectivity index (χ0n) is 43.9. The Kier molecular flexibility index (Phi) is 11.6. The van der Waals surface area contributed by atoms with Gasteiger partial charge in [-0.15, -0.1) is 0 Å². The first kappa shape index (κ1) is 46.7. The molecule has 0 radical (unpaired) electrons. The van der Waals surface area contributed by atoms with Crippen molar-refractivity contribution in [3.63, 3.8) is 0 Å². The fourth-order valence-corrected chi connectivity index (χ4v) is 12.3. The largest absolute Gasteiger partial charge is 0.309 e. The fraction of sp³-hybridized carbons (Fsp3) is 0. The van der Waals surface area contributed by atoms with Crippen LogP contribution in [0.2, 0.25) is 0 Å². The van der Waals surface area contributed by atoms with Gasteiger partial charge in [0.2, 0.25) is 0 Å². The Labute approximate surface area is 466 Å². The molecule has 2 heterocycles. The van der Waals surface area contributed by atoms with Crippen molar-refractivity contribution in [2.24, 2.45) is 0 Å². The van der Waals surface area contributed by atoms with Crippen molar-refractivity contribution in [2.75, 3.05) is 0 Å². The quantitative estimate of drug-likeness (QED) is 0.121. The lowest BCUT2D eigenvalue weighted by Gasteiger charge is -2.20. The summed E-state index contributed by atoms with van der Waals surface area (Å²) < 4.78 is 4.79. The SMILES string of the molecule is c1ccc(-c2ccc(-c3ccccc3)n2-c2ccc(-c3ccc4c(-c5ccc6ccccc6c5)c5ccc(-c6ccc(-n7c(-c8ccccc8)ccc7-c7ccccc7)cc6)cc5c(-c5ccc6ccccc6c5)c4c3)cc2)cc1. The predicted molar refractivity (Wildman–Crippen MR) is 339 cm³/mol. The maximum atomic E-state index is 2.45. The highest BCUT2D eigenvalue weighted by molar-refractivity contribution is 6.23. The molecule has 15 rings (SSSR count). The van der Waals surface area contributed by atoms with E-state index in [1.54, 1.807) is 0 Å². The molecule has 2 nitrogen and oxygen atoms in total. The molecule has 0 aliphatic rings. The van der Waals surface area contributed by atoms with Crippen LogP contribution in [0.25, 0.3) is 144 Å². The first-order chi connectivity index (χ1) is 39.7. The molecule has 0 fully saturated rings. The summed E-state index contributed by atoms with van der Waals surface area (Å²) in [5.41, 5.74) is 21.0. The third-order valence-corrected chi connectivity index (χ3v) is 16.2. The predicted octanol–water partition coefficient (Wildman–Crippen LogP) is 21.2. The van der Waals surface area contributed by atoms with Gasteiger partial charge in [-0.25, -0.2) is 0 Å². The Morgan fingerprint density at radius 1 is 0.163 bits per heavy atom. The van der Waals surface area contributed by atoms with Crippen LogP contribution in [0.5, 0.6) is 0 Å². The third-order valence-electron chi connectivity index (χ3n) is 16.2. The molecule has 0 unspecified atom stereocenters. The molecule has 0 amide bonds. The molecule has 13 aromatic carbocycles. The number of hydrogen-bond acceptors (Lipinski definition) is 0. The number of rotatable bonds is 10. The van der Waals surface area contributed by atoms with E-state index in [-0.39, 0.29) is 0 Å².